The van der Waals surface area contributed by atoms with E-state index in [9.17, 15) is 9.59 Å². The lowest BCUT2D eigenvalue weighted by Gasteiger charge is -2.05. The molecule has 0 unspecified atom stereocenters. The van der Waals surface area contributed by atoms with Crippen molar-refractivity contribution in [3.63, 3.8) is 0 Å². The predicted molar refractivity (Wildman–Crippen MR) is 62.5 cm³/mol. The van der Waals surface area contributed by atoms with Gasteiger partial charge in [0.2, 0.25) is 5.91 Å². The van der Waals surface area contributed by atoms with Gasteiger partial charge in [0.15, 0.2) is 5.78 Å². The first kappa shape index (κ1) is 11.1. The summed E-state index contributed by atoms with van der Waals surface area (Å²) in [6.45, 7) is 1.47. The summed E-state index contributed by atoms with van der Waals surface area (Å²) in [7, 11) is 0. The summed E-state index contributed by atoms with van der Waals surface area (Å²) in [5.74, 6) is -0.615. The Labute approximate surface area is 97.6 Å². The van der Waals surface area contributed by atoms with Crippen LogP contribution in [-0.4, -0.2) is 21.9 Å². The molecule has 1 aromatic carbocycles. The highest BCUT2D eigenvalue weighted by Gasteiger charge is 2.13. The third kappa shape index (κ3) is 2.08. The summed E-state index contributed by atoms with van der Waals surface area (Å²) in [5.41, 5.74) is 7.30. The number of primary amides is 1. The Balaban J connectivity index is 2.64. The van der Waals surface area contributed by atoms with E-state index in [4.69, 9.17) is 5.73 Å². The third-order valence-electron chi connectivity index (χ3n) is 2.47. The van der Waals surface area contributed by atoms with Crippen molar-refractivity contribution in [2.24, 2.45) is 5.73 Å². The summed E-state index contributed by atoms with van der Waals surface area (Å²) in [4.78, 5) is 22.6. The first-order chi connectivity index (χ1) is 8.09. The Morgan fingerprint density at radius 1 is 1.29 bits per heavy atom. The van der Waals surface area contributed by atoms with E-state index < -0.39 is 5.91 Å². The zero-order chi connectivity index (χ0) is 12.4. The Kier molecular flexibility index (Phi) is 2.74. The molecule has 2 aromatic rings. The van der Waals surface area contributed by atoms with Crippen LogP contribution >= 0.6 is 0 Å². The summed E-state index contributed by atoms with van der Waals surface area (Å²) < 4.78 is 0. The topological polar surface area (TPSA) is 88.8 Å². The lowest BCUT2D eigenvalue weighted by atomic mass is 9.99. The van der Waals surface area contributed by atoms with Crippen LogP contribution in [0.15, 0.2) is 30.5 Å². The zero-order valence-corrected chi connectivity index (χ0v) is 9.23. The summed E-state index contributed by atoms with van der Waals surface area (Å²) >= 11 is 0. The molecular weight excluding hydrogens is 218 g/mol. The summed E-state index contributed by atoms with van der Waals surface area (Å²) in [6, 6.07) is 6.46. The maximum absolute atomic E-state index is 11.3. The summed E-state index contributed by atoms with van der Waals surface area (Å²) in [5, 5.41) is 6.64. The van der Waals surface area contributed by atoms with Crippen LogP contribution in [-0.2, 0) is 0 Å². The number of Topliss-reactive ketones (excluding diaryl/α,β-unsaturated/α-hetero) is 1. The van der Waals surface area contributed by atoms with E-state index in [-0.39, 0.29) is 5.78 Å². The molecule has 0 aliphatic heterocycles. The standard InChI is InChI=1S/C12H11N3O2/c1-7(16)8-2-3-9(12(13)17)10(6-8)11-4-5-14-15-11/h2-6H,1H3,(H2,13,17)(H,14,15). The van der Waals surface area contributed by atoms with Gasteiger partial charge < -0.3 is 5.73 Å². The SMILES string of the molecule is CC(=O)c1ccc(C(N)=O)c(-c2cc[nH]n2)c1. The molecule has 0 bridgehead atoms. The quantitative estimate of drug-likeness (QED) is 0.779. The van der Waals surface area contributed by atoms with E-state index >= 15 is 0 Å². The van der Waals surface area contributed by atoms with Gasteiger partial charge in [0.1, 0.15) is 0 Å². The largest absolute Gasteiger partial charge is 0.366 e. The number of amides is 1. The van der Waals surface area contributed by atoms with Gasteiger partial charge >= 0.3 is 0 Å². The van der Waals surface area contributed by atoms with E-state index in [1.165, 1.54) is 6.92 Å². The van der Waals surface area contributed by atoms with Crippen molar-refractivity contribution in [2.75, 3.05) is 0 Å². The minimum Gasteiger partial charge on any atom is -0.366 e. The number of ketones is 1. The second-order valence-electron chi connectivity index (χ2n) is 3.64. The van der Waals surface area contributed by atoms with Gasteiger partial charge in [-0.25, -0.2) is 0 Å². The third-order valence-corrected chi connectivity index (χ3v) is 2.47. The van der Waals surface area contributed by atoms with Crippen LogP contribution in [0.25, 0.3) is 11.3 Å². The van der Waals surface area contributed by atoms with Gasteiger partial charge in [0.05, 0.1) is 5.69 Å². The fourth-order valence-corrected chi connectivity index (χ4v) is 1.60. The molecule has 0 aliphatic rings. The first-order valence-corrected chi connectivity index (χ1v) is 5.04. The van der Waals surface area contributed by atoms with Crippen LogP contribution in [0.3, 0.4) is 0 Å². The van der Waals surface area contributed by atoms with Crippen LogP contribution in [0.4, 0.5) is 0 Å². The molecule has 5 nitrogen and oxygen atoms in total. The molecule has 1 heterocycles. The molecule has 17 heavy (non-hydrogen) atoms. The van der Waals surface area contributed by atoms with E-state index in [2.05, 4.69) is 10.2 Å². The van der Waals surface area contributed by atoms with Gasteiger partial charge in [-0.15, -0.1) is 0 Å². The number of nitrogens with one attached hydrogen (secondary N) is 1. The number of nitrogens with zero attached hydrogens (tertiary/aromatic N) is 1. The molecule has 0 saturated heterocycles. The van der Waals surface area contributed by atoms with E-state index in [1.54, 1.807) is 30.5 Å². The van der Waals surface area contributed by atoms with Gasteiger partial charge in [-0.1, -0.05) is 6.07 Å². The van der Waals surface area contributed by atoms with Crippen LogP contribution < -0.4 is 5.73 Å². The van der Waals surface area contributed by atoms with Crippen LogP contribution in [0.5, 0.6) is 0 Å². The van der Waals surface area contributed by atoms with Crippen molar-refractivity contribution < 1.29 is 9.59 Å². The molecule has 1 aromatic heterocycles. The number of hydrogen-bond donors (Lipinski definition) is 2. The lowest BCUT2D eigenvalue weighted by Crippen LogP contribution is -2.13. The molecular formula is C12H11N3O2. The average Bonchev–Trinajstić information content (AvgIpc) is 2.81. The maximum atomic E-state index is 11.3. The molecule has 86 valence electrons. The number of rotatable bonds is 3. The predicted octanol–water partition coefficient (Wildman–Crippen LogP) is 1.38. The van der Waals surface area contributed by atoms with Crippen molar-refractivity contribution in [1.29, 1.82) is 0 Å². The molecule has 0 fully saturated rings. The molecule has 0 saturated carbocycles. The number of hydrogen-bond acceptors (Lipinski definition) is 3. The molecule has 0 spiro atoms. The Bertz CT molecular complexity index is 573. The highest BCUT2D eigenvalue weighted by molar-refractivity contribution is 6.02. The smallest absolute Gasteiger partial charge is 0.249 e. The minimum atomic E-state index is -0.543. The number of carbonyl (C=O) groups excluding carboxylic acids is 2. The number of H-pyrrole nitrogens is 1. The summed E-state index contributed by atoms with van der Waals surface area (Å²) in [6.07, 6.45) is 1.64. The van der Waals surface area contributed by atoms with Gasteiger partial charge in [-0.05, 0) is 25.1 Å². The number of aromatic nitrogens is 2. The molecule has 3 N–H and O–H groups in total. The van der Waals surface area contributed by atoms with Crippen molar-refractivity contribution >= 4 is 11.7 Å². The fraction of sp³-hybridized carbons (Fsp3) is 0.0833. The number of carbonyl (C=O) groups is 2. The fourth-order valence-electron chi connectivity index (χ4n) is 1.60. The van der Waals surface area contributed by atoms with E-state index in [1.807, 2.05) is 0 Å². The average molecular weight is 229 g/mol. The highest BCUT2D eigenvalue weighted by Crippen LogP contribution is 2.23. The monoisotopic (exact) mass is 229 g/mol. The normalized spacial score (nSPS) is 10.2. The van der Waals surface area contributed by atoms with Gasteiger partial charge in [0, 0.05) is 22.9 Å². The minimum absolute atomic E-state index is 0.0715. The molecule has 0 atom stereocenters. The first-order valence-electron chi connectivity index (χ1n) is 5.04. The number of benzene rings is 1. The second-order valence-corrected chi connectivity index (χ2v) is 3.64. The zero-order valence-electron chi connectivity index (χ0n) is 9.23. The van der Waals surface area contributed by atoms with Crippen molar-refractivity contribution in [3.8, 4) is 11.3 Å². The van der Waals surface area contributed by atoms with Crippen molar-refractivity contribution in [3.05, 3.63) is 41.6 Å². The number of aromatic amines is 1. The highest BCUT2D eigenvalue weighted by atomic mass is 16.1. The molecule has 0 aliphatic carbocycles. The van der Waals surface area contributed by atoms with Gasteiger partial charge in [0.25, 0.3) is 0 Å². The van der Waals surface area contributed by atoms with Crippen LogP contribution in [0.1, 0.15) is 27.6 Å². The second kappa shape index (κ2) is 4.21. The molecule has 0 radical (unpaired) electrons. The van der Waals surface area contributed by atoms with Crippen molar-refractivity contribution in [2.45, 2.75) is 6.92 Å². The van der Waals surface area contributed by atoms with E-state index in [0.29, 0.717) is 22.4 Å². The maximum Gasteiger partial charge on any atom is 0.249 e. The van der Waals surface area contributed by atoms with Crippen molar-refractivity contribution in [1.82, 2.24) is 10.2 Å². The van der Waals surface area contributed by atoms with Crippen LogP contribution in [0, 0.1) is 0 Å². The Morgan fingerprint density at radius 2 is 2.06 bits per heavy atom. The number of nitrogens with two attached hydrogens (primary N) is 1. The van der Waals surface area contributed by atoms with Gasteiger partial charge in [-0.2, -0.15) is 5.10 Å². The lowest BCUT2D eigenvalue weighted by molar-refractivity contribution is 0.0994. The van der Waals surface area contributed by atoms with E-state index in [0.717, 1.165) is 0 Å². The van der Waals surface area contributed by atoms with Gasteiger partial charge in [-0.3, -0.25) is 14.7 Å². The Morgan fingerprint density at radius 3 is 2.59 bits per heavy atom. The Hall–Kier alpha value is -2.43. The molecule has 2 rings (SSSR count). The molecule has 1 amide bonds. The van der Waals surface area contributed by atoms with Crippen LogP contribution in [0.2, 0.25) is 0 Å². The molecule has 5 heteroatoms.